The number of carbonyl (C=O) groups excluding carboxylic acids is 2. The molecule has 1 saturated heterocycles. The molecule has 1 unspecified atom stereocenters. The lowest BCUT2D eigenvalue weighted by molar-refractivity contribution is -0.128. The first-order chi connectivity index (χ1) is 11.1. The van der Waals surface area contributed by atoms with Crippen molar-refractivity contribution in [3.05, 3.63) is 47.8 Å². The van der Waals surface area contributed by atoms with Crippen molar-refractivity contribution in [2.24, 2.45) is 13.0 Å². The highest BCUT2D eigenvalue weighted by Gasteiger charge is 2.29. The largest absolute Gasteiger partial charge is 0.350 e. The van der Waals surface area contributed by atoms with Crippen LogP contribution >= 0.6 is 0 Å². The van der Waals surface area contributed by atoms with Crippen LogP contribution in [0.2, 0.25) is 0 Å². The van der Waals surface area contributed by atoms with Crippen molar-refractivity contribution in [3.63, 3.8) is 0 Å². The number of aryl methyl sites for hydroxylation is 1. The average molecular weight is 313 g/mol. The Labute approximate surface area is 134 Å². The second kappa shape index (κ2) is 6.60. The van der Waals surface area contributed by atoms with Crippen LogP contribution in [0.5, 0.6) is 0 Å². The Balaban J connectivity index is 1.50. The van der Waals surface area contributed by atoms with Crippen molar-refractivity contribution in [2.45, 2.75) is 13.0 Å². The van der Waals surface area contributed by atoms with Gasteiger partial charge >= 0.3 is 0 Å². The highest BCUT2D eigenvalue weighted by molar-refractivity contribution is 5.91. The van der Waals surface area contributed by atoms with Crippen LogP contribution in [0.3, 0.4) is 0 Å². The van der Waals surface area contributed by atoms with Crippen LogP contribution in [-0.4, -0.2) is 44.8 Å². The Kier molecular flexibility index (Phi) is 4.36. The molecule has 1 N–H and O–H groups in total. The van der Waals surface area contributed by atoms with E-state index >= 15 is 0 Å². The van der Waals surface area contributed by atoms with Gasteiger partial charge in [-0.25, -0.2) is 0 Å². The van der Waals surface area contributed by atoms with Gasteiger partial charge in [-0.05, 0) is 5.56 Å². The zero-order chi connectivity index (χ0) is 16.2. The summed E-state index contributed by atoms with van der Waals surface area (Å²) in [5, 5.41) is 10.3. The van der Waals surface area contributed by atoms with Crippen molar-refractivity contribution in [3.8, 4) is 0 Å². The third-order valence-electron chi connectivity index (χ3n) is 3.90. The molecule has 1 aliphatic rings. The van der Waals surface area contributed by atoms with E-state index in [4.69, 9.17) is 0 Å². The molecule has 2 amide bonds. The summed E-state index contributed by atoms with van der Waals surface area (Å²) in [5.41, 5.74) is 1.41. The minimum absolute atomic E-state index is 0.131. The number of aromatic nitrogens is 3. The molecule has 0 spiro atoms. The zero-order valence-electron chi connectivity index (χ0n) is 13.0. The first-order valence-corrected chi connectivity index (χ1v) is 7.58. The Hall–Kier alpha value is -2.70. The van der Waals surface area contributed by atoms with Gasteiger partial charge in [0.25, 0.3) is 5.91 Å². The van der Waals surface area contributed by atoms with Gasteiger partial charge in [-0.1, -0.05) is 35.5 Å². The van der Waals surface area contributed by atoms with Gasteiger partial charge < -0.3 is 10.2 Å². The molecule has 23 heavy (non-hydrogen) atoms. The van der Waals surface area contributed by atoms with Gasteiger partial charge in [-0.2, -0.15) is 0 Å². The van der Waals surface area contributed by atoms with Crippen LogP contribution in [0.1, 0.15) is 22.5 Å². The van der Waals surface area contributed by atoms with Crippen LogP contribution in [0.15, 0.2) is 36.5 Å². The highest BCUT2D eigenvalue weighted by Crippen LogP contribution is 2.19. The van der Waals surface area contributed by atoms with E-state index in [-0.39, 0.29) is 23.4 Å². The van der Waals surface area contributed by atoms with E-state index in [1.165, 1.54) is 4.68 Å². The molecule has 1 aromatic carbocycles. The number of benzene rings is 1. The number of rotatable bonds is 5. The summed E-state index contributed by atoms with van der Waals surface area (Å²) in [5.74, 6) is 0.00602. The minimum Gasteiger partial charge on any atom is -0.350 e. The van der Waals surface area contributed by atoms with Crippen molar-refractivity contribution >= 4 is 11.8 Å². The molecule has 3 rings (SSSR count). The van der Waals surface area contributed by atoms with Gasteiger partial charge in [0.05, 0.1) is 6.20 Å². The lowest BCUT2D eigenvalue weighted by Gasteiger charge is -2.16. The molecule has 0 aliphatic carbocycles. The van der Waals surface area contributed by atoms with Gasteiger partial charge in [-0.3, -0.25) is 14.3 Å². The number of nitrogens with one attached hydrogen (secondary N) is 1. The van der Waals surface area contributed by atoms with Crippen molar-refractivity contribution < 1.29 is 9.59 Å². The molecule has 0 saturated carbocycles. The summed E-state index contributed by atoms with van der Waals surface area (Å²) >= 11 is 0. The number of hydrogen-bond donors (Lipinski definition) is 1. The Morgan fingerprint density at radius 2 is 2.13 bits per heavy atom. The van der Waals surface area contributed by atoms with Gasteiger partial charge in [-0.15, -0.1) is 5.10 Å². The van der Waals surface area contributed by atoms with Crippen molar-refractivity contribution in [2.75, 3.05) is 13.1 Å². The van der Waals surface area contributed by atoms with E-state index in [1.807, 2.05) is 35.2 Å². The van der Waals surface area contributed by atoms with Gasteiger partial charge in [0, 0.05) is 39.0 Å². The summed E-state index contributed by atoms with van der Waals surface area (Å²) in [6.45, 7) is 1.75. The van der Waals surface area contributed by atoms with Crippen molar-refractivity contribution in [1.29, 1.82) is 0 Å². The smallest absolute Gasteiger partial charge is 0.273 e. The van der Waals surface area contributed by atoms with Gasteiger partial charge in [0.1, 0.15) is 0 Å². The Bertz CT molecular complexity index is 698. The number of amides is 2. The van der Waals surface area contributed by atoms with E-state index in [1.54, 1.807) is 13.2 Å². The minimum atomic E-state index is -0.257. The summed E-state index contributed by atoms with van der Waals surface area (Å²) in [7, 11) is 1.71. The van der Waals surface area contributed by atoms with E-state index in [2.05, 4.69) is 15.6 Å². The molecule has 2 aromatic rings. The van der Waals surface area contributed by atoms with Crippen molar-refractivity contribution in [1.82, 2.24) is 25.2 Å². The first-order valence-electron chi connectivity index (χ1n) is 7.58. The van der Waals surface area contributed by atoms with Gasteiger partial charge in [0.15, 0.2) is 5.69 Å². The normalized spacial score (nSPS) is 17.5. The third kappa shape index (κ3) is 3.74. The molecule has 120 valence electrons. The average Bonchev–Trinajstić information content (AvgIpc) is 3.13. The van der Waals surface area contributed by atoms with Crippen LogP contribution in [-0.2, 0) is 18.4 Å². The molecule has 1 aromatic heterocycles. The molecule has 7 heteroatoms. The second-order valence-corrected chi connectivity index (χ2v) is 5.82. The fourth-order valence-corrected chi connectivity index (χ4v) is 2.73. The monoisotopic (exact) mass is 313 g/mol. The first kappa shape index (κ1) is 15.2. The maximum atomic E-state index is 12.1. The maximum absolute atomic E-state index is 12.1. The maximum Gasteiger partial charge on any atom is 0.273 e. The third-order valence-corrected chi connectivity index (χ3v) is 3.90. The highest BCUT2D eigenvalue weighted by atomic mass is 16.2. The fourth-order valence-electron chi connectivity index (χ4n) is 2.73. The lowest BCUT2D eigenvalue weighted by Crippen LogP contribution is -2.31. The lowest BCUT2D eigenvalue weighted by atomic mass is 10.1. The molecular formula is C16H19N5O2. The summed E-state index contributed by atoms with van der Waals surface area (Å²) in [6.07, 6.45) is 2.03. The molecule has 1 atom stereocenters. The zero-order valence-corrected chi connectivity index (χ0v) is 13.0. The molecule has 0 radical (unpaired) electrons. The number of hydrogen-bond acceptors (Lipinski definition) is 4. The Morgan fingerprint density at radius 1 is 1.35 bits per heavy atom. The summed E-state index contributed by atoms with van der Waals surface area (Å²) in [4.78, 5) is 25.9. The number of carbonyl (C=O) groups is 2. The second-order valence-electron chi connectivity index (χ2n) is 5.82. The van der Waals surface area contributed by atoms with Crippen LogP contribution < -0.4 is 5.32 Å². The summed E-state index contributed by atoms with van der Waals surface area (Å²) in [6, 6.07) is 9.91. The SMILES string of the molecule is Cn1cc(C(=O)NCC2CC(=O)N(Cc3ccccc3)C2)nn1. The molecule has 2 heterocycles. The topological polar surface area (TPSA) is 80.1 Å². The number of likely N-dealkylation sites (tertiary alicyclic amines) is 1. The van der Waals surface area contributed by atoms with E-state index in [0.717, 1.165) is 5.56 Å². The van der Waals surface area contributed by atoms with Gasteiger partial charge in [0.2, 0.25) is 5.91 Å². The van der Waals surface area contributed by atoms with E-state index < -0.39 is 0 Å². The molecule has 7 nitrogen and oxygen atoms in total. The van der Waals surface area contributed by atoms with E-state index in [0.29, 0.717) is 26.1 Å². The van der Waals surface area contributed by atoms with Crippen LogP contribution in [0.25, 0.3) is 0 Å². The van der Waals surface area contributed by atoms with E-state index in [9.17, 15) is 9.59 Å². The predicted octanol–water partition coefficient (Wildman–Crippen LogP) is 0.594. The molecule has 0 bridgehead atoms. The molecular weight excluding hydrogens is 294 g/mol. The molecule has 1 fully saturated rings. The Morgan fingerprint density at radius 3 is 2.83 bits per heavy atom. The van der Waals surface area contributed by atoms with Crippen LogP contribution in [0, 0.1) is 5.92 Å². The molecule has 1 aliphatic heterocycles. The fraction of sp³-hybridized carbons (Fsp3) is 0.375. The standard InChI is InChI=1S/C16H19N5O2/c1-20-11-14(18-19-20)16(23)17-8-13-7-15(22)21(10-13)9-12-5-3-2-4-6-12/h2-6,11,13H,7-10H2,1H3,(H,17,23). The van der Waals surface area contributed by atoms with Crippen LogP contribution in [0.4, 0.5) is 0 Å². The number of nitrogens with zero attached hydrogens (tertiary/aromatic N) is 4. The quantitative estimate of drug-likeness (QED) is 0.876. The summed E-state index contributed by atoms with van der Waals surface area (Å²) < 4.78 is 1.48. The predicted molar refractivity (Wildman–Crippen MR) is 83.3 cm³/mol.